The van der Waals surface area contributed by atoms with Gasteiger partial charge in [-0.1, -0.05) is 29.8 Å². The van der Waals surface area contributed by atoms with Gasteiger partial charge >= 0.3 is 0 Å². The maximum Gasteiger partial charge on any atom is 0.277 e. The average Bonchev–Trinajstić information content (AvgIpc) is 2.62. The third-order valence-corrected chi connectivity index (χ3v) is 3.69. The maximum absolute atomic E-state index is 11.7. The molecule has 0 atom stereocenters. The highest BCUT2D eigenvalue weighted by Crippen LogP contribution is 2.21. The summed E-state index contributed by atoms with van der Waals surface area (Å²) < 4.78 is 10.6. The van der Waals surface area contributed by atoms with Crippen molar-refractivity contribution in [2.45, 2.75) is 6.92 Å². The average molecular weight is 359 g/mol. The van der Waals surface area contributed by atoms with Gasteiger partial charge in [0.15, 0.2) is 6.61 Å². The van der Waals surface area contributed by atoms with Gasteiger partial charge in [-0.2, -0.15) is 5.10 Å². The number of amides is 1. The van der Waals surface area contributed by atoms with Crippen molar-refractivity contribution >= 4 is 29.8 Å². The van der Waals surface area contributed by atoms with Crippen LogP contribution in [-0.4, -0.2) is 25.8 Å². The molecule has 0 aliphatic heterocycles. The summed E-state index contributed by atoms with van der Waals surface area (Å²) in [5, 5.41) is 4.49. The lowest BCUT2D eigenvalue weighted by atomic mass is 10.2. The molecule has 1 amide bonds. The monoisotopic (exact) mass is 358 g/mol. The molecule has 2 rings (SSSR count). The molecule has 6 heteroatoms. The smallest absolute Gasteiger partial charge is 0.277 e. The number of para-hydroxylation sites is 1. The van der Waals surface area contributed by atoms with E-state index in [-0.39, 0.29) is 12.5 Å². The molecule has 0 unspecified atom stereocenters. The fraction of sp³-hybridized carbons (Fsp3) is 0.158. The first-order chi connectivity index (χ1) is 12.1. The molecule has 0 heterocycles. The highest BCUT2D eigenvalue weighted by atomic mass is 35.5. The molecule has 0 aromatic heterocycles. The third-order valence-electron chi connectivity index (χ3n) is 3.26. The largest absolute Gasteiger partial charge is 0.496 e. The summed E-state index contributed by atoms with van der Waals surface area (Å²) >= 11 is 5.94. The van der Waals surface area contributed by atoms with Gasteiger partial charge in [-0.3, -0.25) is 4.79 Å². The second-order valence-corrected chi connectivity index (χ2v) is 5.52. The summed E-state index contributed by atoms with van der Waals surface area (Å²) in [6.07, 6.45) is 5.03. The number of carbonyl (C=O) groups excluding carboxylic acids is 1. The van der Waals surface area contributed by atoms with Crippen LogP contribution in [-0.2, 0) is 4.79 Å². The van der Waals surface area contributed by atoms with Crippen LogP contribution in [0.5, 0.6) is 11.5 Å². The Morgan fingerprint density at radius 2 is 2.08 bits per heavy atom. The Morgan fingerprint density at radius 1 is 1.28 bits per heavy atom. The summed E-state index contributed by atoms with van der Waals surface area (Å²) in [7, 11) is 1.61. The molecule has 0 bridgehead atoms. The van der Waals surface area contributed by atoms with E-state index in [9.17, 15) is 4.79 Å². The fourth-order valence-corrected chi connectivity index (χ4v) is 2.11. The number of hydrogen-bond donors (Lipinski definition) is 1. The fourth-order valence-electron chi connectivity index (χ4n) is 1.99. The molecule has 0 fully saturated rings. The number of hydrogen-bond acceptors (Lipinski definition) is 4. The first-order valence-corrected chi connectivity index (χ1v) is 7.98. The van der Waals surface area contributed by atoms with Crippen molar-refractivity contribution in [3.8, 4) is 11.5 Å². The second kappa shape index (κ2) is 9.49. The summed E-state index contributed by atoms with van der Waals surface area (Å²) in [5.74, 6) is 0.995. The highest BCUT2D eigenvalue weighted by Gasteiger charge is 2.03. The molecule has 5 nitrogen and oxygen atoms in total. The van der Waals surface area contributed by atoms with Crippen molar-refractivity contribution in [2.75, 3.05) is 13.7 Å². The molecule has 0 aliphatic rings. The third kappa shape index (κ3) is 5.97. The van der Waals surface area contributed by atoms with Gasteiger partial charge in [0.1, 0.15) is 11.5 Å². The van der Waals surface area contributed by atoms with Gasteiger partial charge in [0, 0.05) is 16.8 Å². The Hall–Kier alpha value is -2.79. The topological polar surface area (TPSA) is 59.9 Å². The van der Waals surface area contributed by atoms with Crippen LogP contribution in [0, 0.1) is 6.92 Å². The molecule has 0 radical (unpaired) electrons. The number of rotatable bonds is 7. The van der Waals surface area contributed by atoms with Crippen molar-refractivity contribution in [2.24, 2.45) is 5.10 Å². The highest BCUT2D eigenvalue weighted by molar-refractivity contribution is 6.31. The van der Waals surface area contributed by atoms with E-state index in [1.165, 1.54) is 6.21 Å². The van der Waals surface area contributed by atoms with E-state index in [4.69, 9.17) is 21.1 Å². The summed E-state index contributed by atoms with van der Waals surface area (Å²) in [6, 6.07) is 12.8. The van der Waals surface area contributed by atoms with Crippen LogP contribution < -0.4 is 14.9 Å². The number of allylic oxidation sites excluding steroid dienone is 1. The van der Waals surface area contributed by atoms with E-state index in [2.05, 4.69) is 10.5 Å². The molecular formula is C19H19ClN2O3. The van der Waals surface area contributed by atoms with E-state index < -0.39 is 0 Å². The number of nitrogens with one attached hydrogen (secondary N) is 1. The lowest BCUT2D eigenvalue weighted by Gasteiger charge is -2.06. The molecule has 0 saturated carbocycles. The van der Waals surface area contributed by atoms with Gasteiger partial charge in [0.05, 0.1) is 7.11 Å². The number of methoxy groups -OCH3 is 1. The molecule has 1 N–H and O–H groups in total. The Bertz CT molecular complexity index is 788. The number of carbonyl (C=O) groups is 1. The molecule has 2 aromatic carbocycles. The normalized spacial score (nSPS) is 11.0. The number of ether oxygens (including phenoxy) is 2. The van der Waals surface area contributed by atoms with Gasteiger partial charge in [-0.05, 0) is 48.9 Å². The predicted octanol–water partition coefficient (Wildman–Crippen LogP) is 3.85. The van der Waals surface area contributed by atoms with Crippen LogP contribution in [0.2, 0.25) is 5.02 Å². The summed E-state index contributed by atoms with van der Waals surface area (Å²) in [5.41, 5.74) is 4.20. The Balaban J connectivity index is 1.78. The molecule has 2 aromatic rings. The Labute approximate surface area is 151 Å². The molecule has 130 valence electrons. The van der Waals surface area contributed by atoms with Crippen molar-refractivity contribution in [3.05, 3.63) is 64.7 Å². The minimum absolute atomic E-state index is 0.130. The van der Waals surface area contributed by atoms with Gasteiger partial charge in [-0.25, -0.2) is 5.43 Å². The molecule has 0 saturated heterocycles. The van der Waals surface area contributed by atoms with Crippen LogP contribution >= 0.6 is 11.6 Å². The van der Waals surface area contributed by atoms with Crippen LogP contribution in [0.4, 0.5) is 0 Å². The van der Waals surface area contributed by atoms with E-state index in [0.29, 0.717) is 10.8 Å². The molecule has 0 spiro atoms. The zero-order chi connectivity index (χ0) is 18.1. The van der Waals surface area contributed by atoms with Crippen LogP contribution in [0.3, 0.4) is 0 Å². The second-order valence-electron chi connectivity index (χ2n) is 5.11. The van der Waals surface area contributed by atoms with Crippen molar-refractivity contribution < 1.29 is 14.3 Å². The first kappa shape index (κ1) is 18.5. The zero-order valence-electron chi connectivity index (χ0n) is 14.0. The van der Waals surface area contributed by atoms with Gasteiger partial charge in [0.25, 0.3) is 5.91 Å². The minimum atomic E-state index is -0.352. The van der Waals surface area contributed by atoms with E-state index in [0.717, 1.165) is 16.9 Å². The van der Waals surface area contributed by atoms with Gasteiger partial charge in [0.2, 0.25) is 0 Å². The zero-order valence-corrected chi connectivity index (χ0v) is 14.8. The molecule has 25 heavy (non-hydrogen) atoms. The lowest BCUT2D eigenvalue weighted by Crippen LogP contribution is -2.24. The number of aryl methyl sites for hydroxylation is 1. The minimum Gasteiger partial charge on any atom is -0.496 e. The van der Waals surface area contributed by atoms with Crippen LogP contribution in [0.15, 0.2) is 53.6 Å². The van der Waals surface area contributed by atoms with E-state index >= 15 is 0 Å². The van der Waals surface area contributed by atoms with Gasteiger partial charge in [-0.15, -0.1) is 0 Å². The number of nitrogens with zero attached hydrogens (tertiary/aromatic N) is 1. The van der Waals surface area contributed by atoms with Crippen LogP contribution in [0.25, 0.3) is 6.08 Å². The van der Waals surface area contributed by atoms with Crippen LogP contribution in [0.1, 0.15) is 11.1 Å². The summed E-state index contributed by atoms with van der Waals surface area (Å²) in [4.78, 5) is 11.7. The van der Waals surface area contributed by atoms with E-state index in [1.54, 1.807) is 31.4 Å². The number of hydrazone groups is 1. The Morgan fingerprint density at radius 3 is 2.84 bits per heavy atom. The number of benzene rings is 2. The SMILES string of the molecule is COc1ccccc1/C=C/C=N\NC(=O)COc1ccc(Cl)c(C)c1. The number of halogens is 1. The predicted molar refractivity (Wildman–Crippen MR) is 100 cm³/mol. The maximum atomic E-state index is 11.7. The van der Waals surface area contributed by atoms with E-state index in [1.807, 2.05) is 37.3 Å². The van der Waals surface area contributed by atoms with Crippen molar-refractivity contribution in [1.82, 2.24) is 5.43 Å². The lowest BCUT2D eigenvalue weighted by molar-refractivity contribution is -0.123. The summed E-state index contributed by atoms with van der Waals surface area (Å²) in [6.45, 7) is 1.74. The molecule has 0 aliphatic carbocycles. The van der Waals surface area contributed by atoms with Crippen molar-refractivity contribution in [3.63, 3.8) is 0 Å². The standard InChI is InChI=1S/C19H19ClN2O3/c1-14-12-16(9-10-17(14)20)25-13-19(23)22-21-11-5-7-15-6-3-4-8-18(15)24-2/h3-12H,13H2,1-2H3,(H,22,23)/b7-5+,21-11-. The van der Waals surface area contributed by atoms with Crippen molar-refractivity contribution in [1.29, 1.82) is 0 Å². The Kier molecular flexibility index (Phi) is 7.04. The molecular weight excluding hydrogens is 340 g/mol. The quantitative estimate of drug-likeness (QED) is 0.604. The van der Waals surface area contributed by atoms with Gasteiger partial charge < -0.3 is 9.47 Å². The first-order valence-electron chi connectivity index (χ1n) is 7.60.